The summed E-state index contributed by atoms with van der Waals surface area (Å²) in [7, 11) is 0. The molecule has 0 unspecified atom stereocenters. The lowest BCUT2D eigenvalue weighted by atomic mass is 10.2. The maximum atomic E-state index is 9.12. The van der Waals surface area contributed by atoms with Gasteiger partial charge in [-0.2, -0.15) is 0 Å². The van der Waals surface area contributed by atoms with Gasteiger partial charge in [0.05, 0.1) is 6.54 Å². The van der Waals surface area contributed by atoms with Crippen molar-refractivity contribution in [1.29, 1.82) is 0 Å². The fraction of sp³-hybridized carbons (Fsp3) is 0.167. The van der Waals surface area contributed by atoms with Crippen molar-refractivity contribution in [3.63, 3.8) is 0 Å². The number of hydrogen-bond acceptors (Lipinski definition) is 4. The zero-order valence-corrected chi connectivity index (χ0v) is 8.80. The molecule has 0 fully saturated rings. The van der Waals surface area contributed by atoms with Crippen LogP contribution < -0.4 is 5.32 Å². The minimum absolute atomic E-state index is 0.287. The molecule has 0 radical (unpaired) electrons. The average Bonchev–Trinajstić information content (AvgIpc) is 2.33. The number of nitrogens with one attached hydrogen (secondary N) is 1. The van der Waals surface area contributed by atoms with Crippen molar-refractivity contribution in [2.45, 2.75) is 13.1 Å². The number of phenolic OH excluding ortho intramolecular Hbond substituents is 1. The van der Waals surface area contributed by atoms with Crippen molar-refractivity contribution in [1.82, 2.24) is 15.3 Å². The first-order valence-electron chi connectivity index (χ1n) is 5.09. The van der Waals surface area contributed by atoms with Gasteiger partial charge in [-0.25, -0.2) is 9.97 Å². The summed E-state index contributed by atoms with van der Waals surface area (Å²) in [6.45, 7) is 1.38. The lowest BCUT2D eigenvalue weighted by Crippen LogP contribution is -2.14. The Morgan fingerprint density at radius 1 is 1.00 bits per heavy atom. The topological polar surface area (TPSA) is 58.0 Å². The van der Waals surface area contributed by atoms with E-state index in [1.54, 1.807) is 30.6 Å². The third kappa shape index (κ3) is 3.03. The van der Waals surface area contributed by atoms with Crippen LogP contribution >= 0.6 is 0 Å². The molecule has 0 aliphatic heterocycles. The molecule has 0 saturated carbocycles. The molecule has 1 aromatic heterocycles. The van der Waals surface area contributed by atoms with Crippen molar-refractivity contribution >= 4 is 0 Å². The number of hydrogen-bond donors (Lipinski definition) is 2. The van der Waals surface area contributed by atoms with Gasteiger partial charge in [-0.3, -0.25) is 0 Å². The van der Waals surface area contributed by atoms with Crippen LogP contribution in [-0.2, 0) is 13.1 Å². The molecule has 16 heavy (non-hydrogen) atoms. The van der Waals surface area contributed by atoms with Crippen LogP contribution in [0.3, 0.4) is 0 Å². The Kier molecular flexibility index (Phi) is 3.46. The van der Waals surface area contributed by atoms with E-state index in [0.29, 0.717) is 6.54 Å². The fourth-order valence-electron chi connectivity index (χ4n) is 1.35. The highest BCUT2D eigenvalue weighted by Crippen LogP contribution is 2.09. The molecule has 0 aliphatic carbocycles. The summed E-state index contributed by atoms with van der Waals surface area (Å²) in [6, 6.07) is 8.91. The van der Waals surface area contributed by atoms with E-state index in [9.17, 15) is 0 Å². The van der Waals surface area contributed by atoms with Gasteiger partial charge in [0.25, 0.3) is 0 Å². The van der Waals surface area contributed by atoms with Gasteiger partial charge in [0.15, 0.2) is 0 Å². The van der Waals surface area contributed by atoms with Crippen LogP contribution in [0.2, 0.25) is 0 Å². The Bertz CT molecular complexity index is 428. The van der Waals surface area contributed by atoms with Crippen molar-refractivity contribution in [3.8, 4) is 5.75 Å². The minimum Gasteiger partial charge on any atom is -0.508 e. The normalized spacial score (nSPS) is 10.2. The summed E-state index contributed by atoms with van der Waals surface area (Å²) in [4.78, 5) is 8.22. The zero-order chi connectivity index (χ0) is 11.2. The Morgan fingerprint density at radius 3 is 2.38 bits per heavy atom. The second kappa shape index (κ2) is 5.23. The van der Waals surface area contributed by atoms with Gasteiger partial charge in [0, 0.05) is 18.9 Å². The second-order valence-corrected chi connectivity index (χ2v) is 3.44. The Hall–Kier alpha value is -1.94. The predicted molar refractivity (Wildman–Crippen MR) is 60.7 cm³/mol. The van der Waals surface area contributed by atoms with Crippen LogP contribution in [0.5, 0.6) is 5.75 Å². The first-order chi connectivity index (χ1) is 7.84. The smallest absolute Gasteiger partial charge is 0.141 e. The van der Waals surface area contributed by atoms with E-state index >= 15 is 0 Å². The van der Waals surface area contributed by atoms with Gasteiger partial charge < -0.3 is 10.4 Å². The molecule has 4 nitrogen and oxygen atoms in total. The number of benzene rings is 1. The van der Waals surface area contributed by atoms with Gasteiger partial charge in [-0.05, 0) is 23.8 Å². The molecule has 0 aliphatic rings. The molecule has 82 valence electrons. The summed E-state index contributed by atoms with van der Waals surface area (Å²) in [5.41, 5.74) is 1.12. The highest BCUT2D eigenvalue weighted by Gasteiger charge is 1.95. The minimum atomic E-state index is 0.287. The van der Waals surface area contributed by atoms with Crippen LogP contribution in [0.15, 0.2) is 42.7 Å². The van der Waals surface area contributed by atoms with E-state index < -0.39 is 0 Å². The quantitative estimate of drug-likeness (QED) is 0.811. The lowest BCUT2D eigenvalue weighted by Gasteiger charge is -2.03. The summed E-state index contributed by atoms with van der Waals surface area (Å²) in [5.74, 6) is 1.07. The van der Waals surface area contributed by atoms with Crippen LogP contribution in [0.1, 0.15) is 11.4 Å². The van der Waals surface area contributed by atoms with E-state index in [1.807, 2.05) is 12.1 Å². The zero-order valence-electron chi connectivity index (χ0n) is 8.80. The van der Waals surface area contributed by atoms with E-state index in [2.05, 4.69) is 15.3 Å². The molecule has 0 saturated heterocycles. The van der Waals surface area contributed by atoms with Gasteiger partial charge in [0.2, 0.25) is 0 Å². The predicted octanol–water partition coefficient (Wildman–Crippen LogP) is 1.47. The molecule has 1 heterocycles. The Balaban J connectivity index is 1.82. The van der Waals surface area contributed by atoms with Crippen molar-refractivity contribution in [2.75, 3.05) is 0 Å². The van der Waals surface area contributed by atoms with Crippen molar-refractivity contribution < 1.29 is 5.11 Å². The SMILES string of the molecule is Oc1ccc(CNCc2ncccn2)cc1. The highest BCUT2D eigenvalue weighted by atomic mass is 16.3. The summed E-state index contributed by atoms with van der Waals surface area (Å²) < 4.78 is 0. The van der Waals surface area contributed by atoms with E-state index in [-0.39, 0.29) is 5.75 Å². The Labute approximate surface area is 94.0 Å². The van der Waals surface area contributed by atoms with Crippen LogP contribution in [0.4, 0.5) is 0 Å². The molecular weight excluding hydrogens is 202 g/mol. The number of aromatic nitrogens is 2. The van der Waals surface area contributed by atoms with Gasteiger partial charge >= 0.3 is 0 Å². The van der Waals surface area contributed by atoms with E-state index in [0.717, 1.165) is 17.9 Å². The molecule has 0 amide bonds. The molecule has 0 bridgehead atoms. The maximum Gasteiger partial charge on any atom is 0.141 e. The highest BCUT2D eigenvalue weighted by molar-refractivity contribution is 5.25. The van der Waals surface area contributed by atoms with E-state index in [1.165, 1.54) is 0 Å². The Morgan fingerprint density at radius 2 is 1.69 bits per heavy atom. The monoisotopic (exact) mass is 215 g/mol. The molecule has 0 atom stereocenters. The van der Waals surface area contributed by atoms with Crippen molar-refractivity contribution in [2.24, 2.45) is 0 Å². The molecule has 1 aromatic carbocycles. The molecule has 2 N–H and O–H groups in total. The summed E-state index contributed by atoms with van der Waals surface area (Å²) >= 11 is 0. The first kappa shape index (κ1) is 10.6. The fourth-order valence-corrected chi connectivity index (χ4v) is 1.35. The molecule has 2 rings (SSSR count). The van der Waals surface area contributed by atoms with Crippen LogP contribution in [0.25, 0.3) is 0 Å². The molecule has 2 aromatic rings. The molecule has 0 spiro atoms. The third-order valence-corrected chi connectivity index (χ3v) is 2.17. The van der Waals surface area contributed by atoms with Gasteiger partial charge in [-0.1, -0.05) is 12.1 Å². The van der Waals surface area contributed by atoms with Crippen LogP contribution in [-0.4, -0.2) is 15.1 Å². The number of rotatable bonds is 4. The van der Waals surface area contributed by atoms with Gasteiger partial charge in [-0.15, -0.1) is 0 Å². The number of aromatic hydroxyl groups is 1. The number of nitrogens with zero attached hydrogens (tertiary/aromatic N) is 2. The average molecular weight is 215 g/mol. The first-order valence-corrected chi connectivity index (χ1v) is 5.09. The second-order valence-electron chi connectivity index (χ2n) is 3.44. The third-order valence-electron chi connectivity index (χ3n) is 2.17. The molecule has 4 heteroatoms. The lowest BCUT2D eigenvalue weighted by molar-refractivity contribution is 0.475. The standard InChI is InChI=1S/C12H13N3O/c16-11-4-2-10(3-5-11)8-13-9-12-14-6-1-7-15-12/h1-7,13,16H,8-9H2. The number of phenols is 1. The van der Waals surface area contributed by atoms with E-state index in [4.69, 9.17) is 5.11 Å². The van der Waals surface area contributed by atoms with Gasteiger partial charge in [0.1, 0.15) is 11.6 Å². The maximum absolute atomic E-state index is 9.12. The van der Waals surface area contributed by atoms with Crippen LogP contribution in [0, 0.1) is 0 Å². The summed E-state index contributed by atoms with van der Waals surface area (Å²) in [6.07, 6.45) is 3.45. The largest absolute Gasteiger partial charge is 0.508 e. The van der Waals surface area contributed by atoms with Crippen molar-refractivity contribution in [3.05, 3.63) is 54.1 Å². The molecular formula is C12H13N3O. The summed E-state index contributed by atoms with van der Waals surface area (Å²) in [5, 5.41) is 12.4.